The summed E-state index contributed by atoms with van der Waals surface area (Å²) >= 11 is 5.17. The summed E-state index contributed by atoms with van der Waals surface area (Å²) in [6.07, 6.45) is 6.84. The molecular formula is C21H24N4O2S. The highest BCUT2D eigenvalue weighted by Crippen LogP contribution is 2.28. The monoisotopic (exact) mass is 396 g/mol. The van der Waals surface area contributed by atoms with E-state index in [0.29, 0.717) is 17.4 Å². The first-order valence-corrected chi connectivity index (χ1v) is 10.1. The van der Waals surface area contributed by atoms with Crippen molar-refractivity contribution < 1.29 is 9.59 Å². The standard InChI is InChI=1S/C21H24N4O2S/c1-3-14-7-6-8-16-15(11-17-20(27)23(2)21(28)22-17)12-25(19(14)16)13-18(26)24-9-4-5-10-24/h6-8,11-12H,3-5,9-10,13H2,1-2H3,(H,22,28)/b17-11-. The maximum Gasteiger partial charge on any atom is 0.276 e. The molecule has 7 heteroatoms. The fraction of sp³-hybridized carbons (Fsp3) is 0.381. The molecule has 2 aliphatic heterocycles. The van der Waals surface area contributed by atoms with Gasteiger partial charge in [0.05, 0.1) is 5.52 Å². The lowest BCUT2D eigenvalue weighted by Gasteiger charge is -2.16. The number of nitrogens with zero attached hydrogens (tertiary/aromatic N) is 3. The normalized spacial score (nSPS) is 18.6. The van der Waals surface area contributed by atoms with E-state index in [1.165, 1.54) is 10.5 Å². The Balaban J connectivity index is 1.77. The van der Waals surface area contributed by atoms with Gasteiger partial charge in [-0.05, 0) is 43.1 Å². The van der Waals surface area contributed by atoms with Gasteiger partial charge in [-0.1, -0.05) is 25.1 Å². The largest absolute Gasteiger partial charge is 0.341 e. The maximum atomic E-state index is 12.7. The zero-order valence-corrected chi connectivity index (χ0v) is 17.0. The molecule has 0 unspecified atom stereocenters. The number of aromatic nitrogens is 1. The van der Waals surface area contributed by atoms with Gasteiger partial charge in [0.15, 0.2) is 5.11 Å². The van der Waals surface area contributed by atoms with Gasteiger partial charge in [-0.25, -0.2) is 0 Å². The first-order chi connectivity index (χ1) is 13.5. The number of hydrogen-bond acceptors (Lipinski definition) is 3. The minimum absolute atomic E-state index is 0.148. The summed E-state index contributed by atoms with van der Waals surface area (Å²) < 4.78 is 2.03. The number of amides is 2. The highest BCUT2D eigenvalue weighted by atomic mass is 32.1. The molecule has 1 aromatic carbocycles. The van der Waals surface area contributed by atoms with Gasteiger partial charge in [-0.3, -0.25) is 14.5 Å². The van der Waals surface area contributed by atoms with Crippen LogP contribution in [-0.4, -0.2) is 51.4 Å². The Hall–Kier alpha value is -2.67. The molecule has 2 fully saturated rings. The van der Waals surface area contributed by atoms with Gasteiger partial charge in [0.2, 0.25) is 5.91 Å². The van der Waals surface area contributed by atoms with E-state index in [1.807, 2.05) is 33.9 Å². The Morgan fingerprint density at radius 2 is 2.04 bits per heavy atom. The second kappa shape index (κ2) is 7.39. The van der Waals surface area contributed by atoms with Crippen molar-refractivity contribution in [3.63, 3.8) is 0 Å². The number of aryl methyl sites for hydroxylation is 1. The molecule has 3 heterocycles. The van der Waals surface area contributed by atoms with Crippen molar-refractivity contribution in [2.75, 3.05) is 20.1 Å². The molecule has 1 N–H and O–H groups in total. The quantitative estimate of drug-likeness (QED) is 0.637. The van der Waals surface area contributed by atoms with Crippen LogP contribution in [0.3, 0.4) is 0 Å². The third-order valence-electron chi connectivity index (χ3n) is 5.54. The summed E-state index contributed by atoms with van der Waals surface area (Å²) in [7, 11) is 1.66. The number of benzene rings is 1. The molecule has 28 heavy (non-hydrogen) atoms. The second-order valence-electron chi connectivity index (χ2n) is 7.32. The van der Waals surface area contributed by atoms with Crippen LogP contribution in [0.15, 0.2) is 30.1 Å². The smallest absolute Gasteiger partial charge is 0.276 e. The van der Waals surface area contributed by atoms with Crippen molar-refractivity contribution in [2.45, 2.75) is 32.7 Å². The van der Waals surface area contributed by atoms with Crippen molar-refractivity contribution in [3.05, 3.63) is 41.2 Å². The molecule has 0 aliphatic carbocycles. The Kier molecular flexibility index (Phi) is 4.93. The molecule has 4 rings (SSSR count). The van der Waals surface area contributed by atoms with E-state index < -0.39 is 0 Å². The lowest BCUT2D eigenvalue weighted by molar-refractivity contribution is -0.130. The molecular weight excluding hydrogens is 372 g/mol. The van der Waals surface area contributed by atoms with Crippen molar-refractivity contribution in [1.82, 2.24) is 19.7 Å². The van der Waals surface area contributed by atoms with Crippen LogP contribution in [-0.2, 0) is 22.6 Å². The molecule has 0 spiro atoms. The second-order valence-corrected chi connectivity index (χ2v) is 7.71. The molecule has 0 atom stereocenters. The first kappa shape index (κ1) is 18.7. The number of para-hydroxylation sites is 1. The minimum atomic E-state index is -0.148. The number of fused-ring (bicyclic) bond motifs is 1. The SMILES string of the molecule is CCc1cccc2c(/C=C3\NC(=S)N(C)C3=O)cn(CC(=O)N3CCCC3)c12. The van der Waals surface area contributed by atoms with E-state index in [1.54, 1.807) is 7.05 Å². The molecule has 146 valence electrons. The predicted molar refractivity (Wildman–Crippen MR) is 114 cm³/mol. The van der Waals surface area contributed by atoms with E-state index in [4.69, 9.17) is 12.2 Å². The van der Waals surface area contributed by atoms with Crippen LogP contribution in [0.2, 0.25) is 0 Å². The van der Waals surface area contributed by atoms with Crippen LogP contribution < -0.4 is 5.32 Å². The van der Waals surface area contributed by atoms with Crippen molar-refractivity contribution in [3.8, 4) is 0 Å². The highest BCUT2D eigenvalue weighted by molar-refractivity contribution is 7.80. The zero-order chi connectivity index (χ0) is 19.8. The van der Waals surface area contributed by atoms with Crippen LogP contribution in [0.25, 0.3) is 17.0 Å². The molecule has 6 nitrogen and oxygen atoms in total. The average molecular weight is 397 g/mol. The number of carbonyl (C=O) groups excluding carboxylic acids is 2. The fourth-order valence-corrected chi connectivity index (χ4v) is 4.17. The molecule has 2 saturated heterocycles. The molecule has 2 aromatic rings. The van der Waals surface area contributed by atoms with Crippen LogP contribution in [0.4, 0.5) is 0 Å². The summed E-state index contributed by atoms with van der Waals surface area (Å²) in [6, 6.07) is 6.16. The van der Waals surface area contributed by atoms with Crippen LogP contribution in [0.5, 0.6) is 0 Å². The summed E-state index contributed by atoms with van der Waals surface area (Å²) in [5.41, 5.74) is 3.62. The first-order valence-electron chi connectivity index (χ1n) is 9.69. The summed E-state index contributed by atoms with van der Waals surface area (Å²) in [5, 5.41) is 4.41. The molecule has 2 amide bonds. The Labute approximate surface area is 169 Å². The number of hydrogen-bond donors (Lipinski definition) is 1. The van der Waals surface area contributed by atoms with Gasteiger partial charge in [0.25, 0.3) is 5.91 Å². The number of thiocarbonyl (C=S) groups is 1. The van der Waals surface area contributed by atoms with Gasteiger partial charge >= 0.3 is 0 Å². The topological polar surface area (TPSA) is 57.6 Å². The van der Waals surface area contributed by atoms with Gasteiger partial charge in [-0.15, -0.1) is 0 Å². The Morgan fingerprint density at radius 3 is 2.68 bits per heavy atom. The summed E-state index contributed by atoms with van der Waals surface area (Å²) in [4.78, 5) is 28.5. The third kappa shape index (κ3) is 3.20. The van der Waals surface area contributed by atoms with Gasteiger partial charge < -0.3 is 14.8 Å². The number of carbonyl (C=O) groups is 2. The van der Waals surface area contributed by atoms with Gasteiger partial charge in [0, 0.05) is 37.3 Å². The molecule has 0 radical (unpaired) electrons. The number of likely N-dealkylation sites (N-methyl/N-ethyl adjacent to an activating group) is 1. The van der Waals surface area contributed by atoms with E-state index in [9.17, 15) is 9.59 Å². The van der Waals surface area contributed by atoms with Crippen molar-refractivity contribution in [2.24, 2.45) is 0 Å². The molecule has 2 aliphatic rings. The number of likely N-dealkylation sites (tertiary alicyclic amines) is 1. The zero-order valence-electron chi connectivity index (χ0n) is 16.2. The Bertz CT molecular complexity index is 1000. The van der Waals surface area contributed by atoms with E-state index >= 15 is 0 Å². The molecule has 0 bridgehead atoms. The molecule has 0 saturated carbocycles. The number of rotatable bonds is 4. The van der Waals surface area contributed by atoms with E-state index in [0.717, 1.165) is 48.8 Å². The molecule has 1 aromatic heterocycles. The van der Waals surface area contributed by atoms with Gasteiger partial charge in [-0.2, -0.15) is 0 Å². The van der Waals surface area contributed by atoms with Gasteiger partial charge in [0.1, 0.15) is 12.2 Å². The van der Waals surface area contributed by atoms with E-state index in [2.05, 4.69) is 18.3 Å². The van der Waals surface area contributed by atoms with E-state index in [-0.39, 0.29) is 11.8 Å². The predicted octanol–water partition coefficient (Wildman–Crippen LogP) is 2.51. The fourth-order valence-electron chi connectivity index (χ4n) is 3.98. The maximum absolute atomic E-state index is 12.7. The van der Waals surface area contributed by atoms with Crippen LogP contribution in [0.1, 0.15) is 30.9 Å². The average Bonchev–Trinajstić information content (AvgIpc) is 3.40. The third-order valence-corrected chi connectivity index (χ3v) is 5.92. The lowest BCUT2D eigenvalue weighted by Crippen LogP contribution is -2.30. The Morgan fingerprint density at radius 1 is 1.29 bits per heavy atom. The minimum Gasteiger partial charge on any atom is -0.341 e. The number of nitrogens with one attached hydrogen (secondary N) is 1. The van der Waals surface area contributed by atoms with Crippen LogP contribution in [0, 0.1) is 0 Å². The summed E-state index contributed by atoms with van der Waals surface area (Å²) in [5.74, 6) is 0.00109. The van der Waals surface area contributed by atoms with Crippen LogP contribution >= 0.6 is 12.2 Å². The lowest BCUT2D eigenvalue weighted by atomic mass is 10.1. The van der Waals surface area contributed by atoms with Crippen molar-refractivity contribution in [1.29, 1.82) is 0 Å². The van der Waals surface area contributed by atoms with Crippen molar-refractivity contribution >= 4 is 46.1 Å². The highest BCUT2D eigenvalue weighted by Gasteiger charge is 2.27. The summed E-state index contributed by atoms with van der Waals surface area (Å²) in [6.45, 7) is 4.12.